The molecule has 1 amide bonds. The molecule has 0 atom stereocenters. The second kappa shape index (κ2) is 6.69. The minimum Gasteiger partial charge on any atom is -0.381 e. The van der Waals surface area contributed by atoms with Crippen LogP contribution in [0.5, 0.6) is 0 Å². The first-order chi connectivity index (χ1) is 11.7. The van der Waals surface area contributed by atoms with Crippen LogP contribution in [-0.2, 0) is 16.0 Å². The van der Waals surface area contributed by atoms with Gasteiger partial charge in [-0.1, -0.05) is 0 Å². The second-order valence-electron chi connectivity index (χ2n) is 6.94. The number of fused-ring (bicyclic) bond motifs is 1. The van der Waals surface area contributed by atoms with Gasteiger partial charge in [-0.3, -0.25) is 4.79 Å². The second-order valence-corrected chi connectivity index (χ2v) is 6.94. The van der Waals surface area contributed by atoms with Crippen LogP contribution in [0.1, 0.15) is 47.3 Å². The monoisotopic (exact) mass is 331 g/mol. The van der Waals surface area contributed by atoms with Gasteiger partial charge >= 0.3 is 0 Å². The number of pyridine rings is 1. The van der Waals surface area contributed by atoms with Gasteiger partial charge < -0.3 is 19.7 Å². The number of hydrogen-bond donors (Lipinski definition) is 1. The molecule has 0 bridgehead atoms. The number of carbonyl (C=O) groups is 1. The minimum atomic E-state index is -0.00396. The molecule has 0 radical (unpaired) electrons. The molecule has 6 heteroatoms. The maximum Gasteiger partial charge on any atom is 0.253 e. The molecule has 2 saturated heterocycles. The van der Waals surface area contributed by atoms with E-state index in [1.54, 1.807) is 0 Å². The van der Waals surface area contributed by atoms with Crippen molar-refractivity contribution in [2.45, 2.75) is 51.4 Å². The summed E-state index contributed by atoms with van der Waals surface area (Å²) in [5.41, 5.74) is 2.68. The largest absolute Gasteiger partial charge is 0.381 e. The highest BCUT2D eigenvalue weighted by Crippen LogP contribution is 2.27. The quantitative estimate of drug-likeness (QED) is 0.915. The summed E-state index contributed by atoms with van der Waals surface area (Å²) in [4.78, 5) is 18.8. The summed E-state index contributed by atoms with van der Waals surface area (Å²) in [6.07, 6.45) is 4.83. The van der Waals surface area contributed by atoms with E-state index in [-0.39, 0.29) is 5.91 Å². The van der Waals surface area contributed by atoms with Crippen LogP contribution in [-0.4, -0.2) is 49.4 Å². The average Bonchev–Trinajstić information content (AvgIpc) is 2.96. The van der Waals surface area contributed by atoms with Crippen LogP contribution < -0.4 is 10.2 Å². The lowest BCUT2D eigenvalue weighted by Crippen LogP contribution is -2.40. The Labute approximate surface area is 142 Å². The molecule has 1 N–H and O–H groups in total. The number of aromatic nitrogens is 1. The van der Waals surface area contributed by atoms with E-state index in [2.05, 4.69) is 10.2 Å². The Kier molecular flexibility index (Phi) is 4.41. The number of ether oxygens (including phenoxy) is 2. The van der Waals surface area contributed by atoms with Crippen molar-refractivity contribution in [1.82, 2.24) is 10.3 Å². The van der Waals surface area contributed by atoms with E-state index >= 15 is 0 Å². The molecule has 1 aromatic rings. The summed E-state index contributed by atoms with van der Waals surface area (Å²) >= 11 is 0. The van der Waals surface area contributed by atoms with Crippen LogP contribution in [0.25, 0.3) is 0 Å². The molecule has 3 aliphatic rings. The molecular weight excluding hydrogens is 306 g/mol. The molecule has 24 heavy (non-hydrogen) atoms. The van der Waals surface area contributed by atoms with Crippen molar-refractivity contribution >= 4 is 11.7 Å². The number of hydrogen-bond acceptors (Lipinski definition) is 5. The van der Waals surface area contributed by atoms with E-state index in [0.717, 1.165) is 74.6 Å². The molecule has 130 valence electrons. The summed E-state index contributed by atoms with van der Waals surface area (Å²) in [5.74, 6) is 1.02. The van der Waals surface area contributed by atoms with Gasteiger partial charge in [-0.05, 0) is 44.2 Å². The normalized spacial score (nSPS) is 22.5. The topological polar surface area (TPSA) is 63.7 Å². The fraction of sp³-hybridized carbons (Fsp3) is 0.667. The van der Waals surface area contributed by atoms with Gasteiger partial charge in [0, 0.05) is 26.3 Å². The first-order valence-corrected chi connectivity index (χ1v) is 8.97. The highest BCUT2D eigenvalue weighted by atomic mass is 16.5. The van der Waals surface area contributed by atoms with Gasteiger partial charge in [0.25, 0.3) is 5.91 Å². The molecule has 6 nitrogen and oxygen atoms in total. The predicted octanol–water partition coefficient (Wildman–Crippen LogP) is 1.80. The average molecular weight is 331 g/mol. The van der Waals surface area contributed by atoms with Crippen LogP contribution in [0.15, 0.2) is 6.07 Å². The zero-order valence-corrected chi connectivity index (χ0v) is 14.2. The highest BCUT2D eigenvalue weighted by molar-refractivity contribution is 5.98. The number of rotatable bonds is 3. The number of nitrogens with zero attached hydrogens (tertiary/aromatic N) is 2. The number of anilines is 1. The number of nitrogens with one attached hydrogen (secondary N) is 1. The van der Waals surface area contributed by atoms with Gasteiger partial charge in [-0.25, -0.2) is 4.98 Å². The zero-order valence-electron chi connectivity index (χ0n) is 14.2. The third-order valence-electron chi connectivity index (χ3n) is 5.22. The number of carbonyl (C=O) groups excluding carboxylic acids is 1. The Bertz CT molecular complexity index is 620. The van der Waals surface area contributed by atoms with E-state index in [1.807, 2.05) is 13.0 Å². The first kappa shape index (κ1) is 15.8. The molecule has 1 aromatic heterocycles. The van der Waals surface area contributed by atoms with Gasteiger partial charge in [0.15, 0.2) is 0 Å². The van der Waals surface area contributed by atoms with Gasteiger partial charge in [-0.15, -0.1) is 0 Å². The van der Waals surface area contributed by atoms with Crippen LogP contribution in [0.4, 0.5) is 5.82 Å². The maximum absolute atomic E-state index is 11.7. The van der Waals surface area contributed by atoms with Gasteiger partial charge in [0.1, 0.15) is 5.82 Å². The van der Waals surface area contributed by atoms with E-state index < -0.39 is 0 Å². The minimum absolute atomic E-state index is 0.00396. The van der Waals surface area contributed by atoms with Crippen LogP contribution in [0, 0.1) is 6.92 Å². The first-order valence-electron chi connectivity index (χ1n) is 8.97. The maximum atomic E-state index is 11.7. The van der Waals surface area contributed by atoms with Crippen LogP contribution in [0.3, 0.4) is 0 Å². The molecule has 0 aliphatic carbocycles. The summed E-state index contributed by atoms with van der Waals surface area (Å²) in [6.45, 7) is 6.16. The standard InChI is InChI=1S/C18H25N3O3/c1-12-10-15-16(11-19-18(15)22)20-17(12)21-6-2-13(3-7-21)24-14-4-8-23-9-5-14/h10,13-14H,2-9,11H2,1H3,(H,19,22). The third-order valence-corrected chi connectivity index (χ3v) is 5.22. The lowest BCUT2D eigenvalue weighted by Gasteiger charge is -2.36. The van der Waals surface area contributed by atoms with Crippen molar-refractivity contribution in [3.05, 3.63) is 22.9 Å². The summed E-state index contributed by atoms with van der Waals surface area (Å²) in [6, 6.07) is 1.98. The van der Waals surface area contributed by atoms with E-state index in [9.17, 15) is 4.79 Å². The van der Waals surface area contributed by atoms with E-state index in [1.165, 1.54) is 0 Å². The van der Waals surface area contributed by atoms with Crippen molar-refractivity contribution in [3.8, 4) is 0 Å². The summed E-state index contributed by atoms with van der Waals surface area (Å²) < 4.78 is 11.6. The Balaban J connectivity index is 1.38. The Hall–Kier alpha value is -1.66. The molecule has 0 saturated carbocycles. The zero-order chi connectivity index (χ0) is 16.5. The number of aryl methyl sites for hydroxylation is 1. The van der Waals surface area contributed by atoms with Gasteiger partial charge in [0.2, 0.25) is 0 Å². The van der Waals surface area contributed by atoms with Gasteiger partial charge in [-0.2, -0.15) is 0 Å². The van der Waals surface area contributed by atoms with Gasteiger partial charge in [0.05, 0.1) is 30.0 Å². The Morgan fingerprint density at radius 2 is 1.92 bits per heavy atom. The molecule has 0 aromatic carbocycles. The van der Waals surface area contributed by atoms with Crippen molar-refractivity contribution in [3.63, 3.8) is 0 Å². The molecule has 4 heterocycles. The predicted molar refractivity (Wildman–Crippen MR) is 90.3 cm³/mol. The Morgan fingerprint density at radius 3 is 2.67 bits per heavy atom. The Morgan fingerprint density at radius 1 is 1.21 bits per heavy atom. The summed E-state index contributed by atoms with van der Waals surface area (Å²) in [5, 5.41) is 2.84. The van der Waals surface area contributed by atoms with Crippen LogP contribution >= 0.6 is 0 Å². The lowest BCUT2D eigenvalue weighted by molar-refractivity contribution is -0.0744. The summed E-state index contributed by atoms with van der Waals surface area (Å²) in [7, 11) is 0. The highest BCUT2D eigenvalue weighted by Gasteiger charge is 2.27. The van der Waals surface area contributed by atoms with Crippen molar-refractivity contribution in [1.29, 1.82) is 0 Å². The van der Waals surface area contributed by atoms with Crippen molar-refractivity contribution in [2.24, 2.45) is 0 Å². The third kappa shape index (κ3) is 3.13. The smallest absolute Gasteiger partial charge is 0.253 e. The lowest BCUT2D eigenvalue weighted by atomic mass is 10.0. The molecule has 2 fully saturated rings. The fourth-order valence-electron chi connectivity index (χ4n) is 3.84. The fourth-order valence-corrected chi connectivity index (χ4v) is 3.84. The van der Waals surface area contributed by atoms with Crippen molar-refractivity contribution in [2.75, 3.05) is 31.2 Å². The van der Waals surface area contributed by atoms with Crippen LogP contribution in [0.2, 0.25) is 0 Å². The number of amides is 1. The van der Waals surface area contributed by atoms with Crippen molar-refractivity contribution < 1.29 is 14.3 Å². The molecular formula is C18H25N3O3. The molecule has 4 rings (SSSR count). The number of piperidine rings is 1. The molecule has 0 spiro atoms. The molecule has 0 unspecified atom stereocenters. The molecule has 3 aliphatic heterocycles. The van der Waals surface area contributed by atoms with E-state index in [4.69, 9.17) is 14.5 Å². The van der Waals surface area contributed by atoms with E-state index in [0.29, 0.717) is 18.8 Å². The SMILES string of the molecule is Cc1cc2c(nc1N1CCC(OC3CCOCC3)CC1)CNC2=O.